The van der Waals surface area contributed by atoms with E-state index < -0.39 is 0 Å². The maximum absolute atomic E-state index is 11.9. The zero-order valence-corrected chi connectivity index (χ0v) is 15.0. The van der Waals surface area contributed by atoms with Crippen LogP contribution in [0.4, 0.5) is 0 Å². The molecule has 8 heteroatoms. The molecular formula is C17H20ClN3O4. The standard InChI is InChI=1S/C17H20ClN3O4/c1-23-9-16(22)21-5-3-11(4-6-21)25-15-7-12-13(8-14(15)24-2)19-10-20-17(12)18/h7-8,10-11H,3-6,9H2,1-2H3. The minimum atomic E-state index is 0.00125. The van der Waals surface area contributed by atoms with Gasteiger partial charge in [-0.15, -0.1) is 0 Å². The van der Waals surface area contributed by atoms with Crippen molar-refractivity contribution in [1.29, 1.82) is 0 Å². The lowest BCUT2D eigenvalue weighted by Gasteiger charge is -2.32. The lowest BCUT2D eigenvalue weighted by atomic mass is 10.1. The van der Waals surface area contributed by atoms with Crippen molar-refractivity contribution in [3.05, 3.63) is 23.6 Å². The van der Waals surface area contributed by atoms with Crippen LogP contribution < -0.4 is 9.47 Å². The summed E-state index contributed by atoms with van der Waals surface area (Å²) in [4.78, 5) is 21.9. The van der Waals surface area contributed by atoms with Gasteiger partial charge in [0.05, 0.1) is 12.6 Å². The molecule has 7 nitrogen and oxygen atoms in total. The first kappa shape index (κ1) is 17.7. The van der Waals surface area contributed by atoms with Crippen LogP contribution in [0.1, 0.15) is 12.8 Å². The number of hydrogen-bond donors (Lipinski definition) is 0. The highest BCUT2D eigenvalue weighted by molar-refractivity contribution is 6.34. The molecular weight excluding hydrogens is 346 g/mol. The third-order valence-corrected chi connectivity index (χ3v) is 4.53. The number of nitrogens with zero attached hydrogens (tertiary/aromatic N) is 3. The number of methoxy groups -OCH3 is 2. The van der Waals surface area contributed by atoms with Gasteiger partial charge in [-0.25, -0.2) is 9.97 Å². The quantitative estimate of drug-likeness (QED) is 0.757. The van der Waals surface area contributed by atoms with Crippen molar-refractivity contribution in [3.63, 3.8) is 0 Å². The van der Waals surface area contributed by atoms with Crippen LogP contribution in [0.25, 0.3) is 10.9 Å². The second kappa shape index (κ2) is 7.84. The van der Waals surface area contributed by atoms with E-state index in [2.05, 4.69) is 9.97 Å². The Hall–Kier alpha value is -2.12. The van der Waals surface area contributed by atoms with Crippen molar-refractivity contribution in [2.75, 3.05) is 33.9 Å². The molecule has 0 radical (unpaired) electrons. The highest BCUT2D eigenvalue weighted by atomic mass is 35.5. The van der Waals surface area contributed by atoms with Crippen molar-refractivity contribution in [1.82, 2.24) is 14.9 Å². The third-order valence-electron chi connectivity index (χ3n) is 4.23. The first-order chi connectivity index (χ1) is 12.1. The number of carbonyl (C=O) groups excluding carboxylic acids is 1. The lowest BCUT2D eigenvalue weighted by Crippen LogP contribution is -2.43. The summed E-state index contributed by atoms with van der Waals surface area (Å²) in [5.41, 5.74) is 0.698. The van der Waals surface area contributed by atoms with Crippen molar-refractivity contribution in [2.24, 2.45) is 0 Å². The van der Waals surface area contributed by atoms with Crippen LogP contribution in [0, 0.1) is 0 Å². The number of ether oxygens (including phenoxy) is 3. The molecule has 3 rings (SSSR count). The van der Waals surface area contributed by atoms with Crippen molar-refractivity contribution >= 4 is 28.4 Å². The molecule has 0 aliphatic carbocycles. The number of amides is 1. The highest BCUT2D eigenvalue weighted by Crippen LogP contribution is 2.35. The molecule has 1 saturated heterocycles. The van der Waals surface area contributed by atoms with Crippen LogP contribution in [-0.2, 0) is 9.53 Å². The van der Waals surface area contributed by atoms with Crippen LogP contribution >= 0.6 is 11.6 Å². The van der Waals surface area contributed by atoms with E-state index in [0.717, 1.165) is 12.8 Å². The van der Waals surface area contributed by atoms with Crippen LogP contribution in [-0.4, -0.2) is 60.8 Å². The fourth-order valence-corrected chi connectivity index (χ4v) is 3.10. The molecule has 0 saturated carbocycles. The van der Waals surface area contributed by atoms with Gasteiger partial charge in [0.25, 0.3) is 0 Å². The van der Waals surface area contributed by atoms with Gasteiger partial charge in [-0.3, -0.25) is 4.79 Å². The number of hydrogen-bond acceptors (Lipinski definition) is 6. The minimum Gasteiger partial charge on any atom is -0.493 e. The maximum Gasteiger partial charge on any atom is 0.248 e. The average molecular weight is 366 g/mol. The molecule has 1 aromatic heterocycles. The largest absolute Gasteiger partial charge is 0.493 e. The van der Waals surface area contributed by atoms with Gasteiger partial charge in [-0.05, 0) is 6.07 Å². The smallest absolute Gasteiger partial charge is 0.248 e. The van der Waals surface area contributed by atoms with Gasteiger partial charge in [0.2, 0.25) is 5.91 Å². The zero-order valence-electron chi connectivity index (χ0n) is 14.2. The molecule has 1 amide bonds. The van der Waals surface area contributed by atoms with E-state index in [1.807, 2.05) is 0 Å². The molecule has 1 aliphatic heterocycles. The van der Waals surface area contributed by atoms with Crippen molar-refractivity contribution in [3.8, 4) is 11.5 Å². The molecule has 0 bridgehead atoms. The van der Waals surface area contributed by atoms with Gasteiger partial charge >= 0.3 is 0 Å². The molecule has 2 aromatic rings. The maximum atomic E-state index is 11.9. The Morgan fingerprint density at radius 1 is 1.24 bits per heavy atom. The summed E-state index contributed by atoms with van der Waals surface area (Å²) >= 11 is 6.15. The van der Waals surface area contributed by atoms with Crippen LogP contribution in [0.3, 0.4) is 0 Å². The van der Waals surface area contributed by atoms with E-state index in [0.29, 0.717) is 40.6 Å². The average Bonchev–Trinajstić information content (AvgIpc) is 2.63. The van der Waals surface area contributed by atoms with E-state index >= 15 is 0 Å². The van der Waals surface area contributed by atoms with Crippen molar-refractivity contribution in [2.45, 2.75) is 18.9 Å². The van der Waals surface area contributed by atoms with E-state index in [1.165, 1.54) is 13.4 Å². The summed E-state index contributed by atoms with van der Waals surface area (Å²) < 4.78 is 16.4. The summed E-state index contributed by atoms with van der Waals surface area (Å²) in [5.74, 6) is 1.21. The number of carbonyl (C=O) groups is 1. The highest BCUT2D eigenvalue weighted by Gasteiger charge is 2.25. The first-order valence-electron chi connectivity index (χ1n) is 8.04. The molecule has 0 N–H and O–H groups in total. The van der Waals surface area contributed by atoms with E-state index in [9.17, 15) is 4.79 Å². The summed E-state index contributed by atoms with van der Waals surface area (Å²) in [6.07, 6.45) is 2.91. The van der Waals surface area contributed by atoms with Crippen LogP contribution in [0.5, 0.6) is 11.5 Å². The zero-order chi connectivity index (χ0) is 17.8. The molecule has 1 fully saturated rings. The number of rotatable bonds is 5. The Bertz CT molecular complexity index is 763. The van der Waals surface area contributed by atoms with Crippen LogP contribution in [0.15, 0.2) is 18.5 Å². The predicted molar refractivity (Wildman–Crippen MR) is 93.2 cm³/mol. The molecule has 0 atom stereocenters. The Kier molecular flexibility index (Phi) is 5.55. The predicted octanol–water partition coefficient (Wildman–Crippen LogP) is 2.31. The van der Waals surface area contributed by atoms with E-state index in [-0.39, 0.29) is 18.6 Å². The Labute approximate surface area is 150 Å². The number of aromatic nitrogens is 2. The van der Waals surface area contributed by atoms with Crippen molar-refractivity contribution < 1.29 is 19.0 Å². The molecule has 1 aromatic carbocycles. The second-order valence-electron chi connectivity index (χ2n) is 5.82. The van der Waals surface area contributed by atoms with Gasteiger partial charge in [0.1, 0.15) is 24.2 Å². The van der Waals surface area contributed by atoms with Gasteiger partial charge < -0.3 is 19.1 Å². The van der Waals surface area contributed by atoms with Gasteiger partial charge in [-0.1, -0.05) is 11.6 Å². The molecule has 0 spiro atoms. The molecule has 1 aliphatic rings. The topological polar surface area (TPSA) is 73.8 Å². The number of piperidine rings is 1. The molecule has 25 heavy (non-hydrogen) atoms. The fraction of sp³-hybridized carbons (Fsp3) is 0.471. The lowest BCUT2D eigenvalue weighted by molar-refractivity contribution is -0.136. The third kappa shape index (κ3) is 3.93. The number of benzene rings is 1. The monoisotopic (exact) mass is 365 g/mol. The summed E-state index contributed by atoms with van der Waals surface area (Å²) in [6, 6.07) is 3.59. The van der Waals surface area contributed by atoms with E-state index in [1.54, 1.807) is 24.1 Å². The normalized spacial score (nSPS) is 15.4. The van der Waals surface area contributed by atoms with Gasteiger partial charge in [0.15, 0.2) is 11.5 Å². The number of likely N-dealkylation sites (tertiary alicyclic amines) is 1. The fourth-order valence-electron chi connectivity index (χ4n) is 2.90. The Morgan fingerprint density at radius 3 is 2.68 bits per heavy atom. The Balaban J connectivity index is 1.73. The molecule has 2 heterocycles. The van der Waals surface area contributed by atoms with Crippen LogP contribution in [0.2, 0.25) is 5.15 Å². The number of fused-ring (bicyclic) bond motifs is 1. The minimum absolute atomic E-state index is 0.00125. The van der Waals surface area contributed by atoms with Gasteiger partial charge in [-0.2, -0.15) is 0 Å². The van der Waals surface area contributed by atoms with Gasteiger partial charge in [0, 0.05) is 44.5 Å². The number of halogens is 1. The Morgan fingerprint density at radius 2 is 2.00 bits per heavy atom. The molecule has 0 unspecified atom stereocenters. The second-order valence-corrected chi connectivity index (χ2v) is 6.17. The SMILES string of the molecule is COCC(=O)N1CCC(Oc2cc3c(Cl)ncnc3cc2OC)CC1. The summed E-state index contributed by atoms with van der Waals surface area (Å²) in [5, 5.41) is 1.09. The van der Waals surface area contributed by atoms with E-state index in [4.69, 9.17) is 25.8 Å². The first-order valence-corrected chi connectivity index (χ1v) is 8.41. The summed E-state index contributed by atoms with van der Waals surface area (Å²) in [7, 11) is 3.11. The molecule has 134 valence electrons. The summed E-state index contributed by atoms with van der Waals surface area (Å²) in [6.45, 7) is 1.40.